The van der Waals surface area contributed by atoms with Gasteiger partial charge in [0.2, 0.25) is 0 Å². The Kier molecular flexibility index (Phi) is 9.32. The first-order chi connectivity index (χ1) is 34.7. The zero-order valence-electron chi connectivity index (χ0n) is 38.4. The number of rotatable bonds is 6. The maximum atomic E-state index is 2.56. The van der Waals surface area contributed by atoms with Gasteiger partial charge in [-0.3, -0.25) is 0 Å². The molecule has 0 aromatic rings. The van der Waals surface area contributed by atoms with Gasteiger partial charge in [0.15, 0.2) is 0 Å². The minimum Gasteiger partial charge on any atom is -0.0622 e. The molecule has 0 nitrogen and oxygen atoms in total. The third kappa shape index (κ3) is 6.45. The minimum atomic E-state index is 1.22. The van der Waals surface area contributed by atoms with Crippen molar-refractivity contribution in [3.8, 4) is 145 Å². The summed E-state index contributed by atoms with van der Waals surface area (Å²) in [4.78, 5) is 0. The monoisotopic (exact) mass is 884 g/mol. The molecule has 0 atom stereocenters. The third-order valence-corrected chi connectivity index (χ3v) is 14.7. The molecule has 0 spiro atoms. The molecule has 0 aromatic heterocycles. The van der Waals surface area contributed by atoms with E-state index < -0.39 is 0 Å². The molecule has 0 fully saturated rings. The van der Waals surface area contributed by atoms with Crippen molar-refractivity contribution in [2.75, 3.05) is 0 Å². The Morgan fingerprint density at radius 2 is 0.300 bits per heavy atom. The van der Waals surface area contributed by atoms with Crippen molar-refractivity contribution in [3.63, 3.8) is 0 Å². The van der Waals surface area contributed by atoms with Crippen LogP contribution in [0.2, 0.25) is 0 Å². The SMILES string of the molecule is c1ccc2cc(-c3c4cccccc-4c(-c4cc5cccccc-5c4)c3-c3cc(-c4c(-c5cc6cccccc-6c5)c5cccccc-5c4-c4cc5cccccc-5c4)c4cccccc3-4)cc-2cc1. The van der Waals surface area contributed by atoms with Crippen LogP contribution < -0.4 is 0 Å². The Labute approximate surface area is 409 Å². The molecule has 0 aliphatic heterocycles. The van der Waals surface area contributed by atoms with Crippen LogP contribution >= 0.6 is 0 Å². The second kappa shape index (κ2) is 16.3. The highest BCUT2D eigenvalue weighted by atomic mass is 14.4. The van der Waals surface area contributed by atoms with Crippen LogP contribution in [-0.2, 0) is 0 Å². The van der Waals surface area contributed by atoms with E-state index >= 15 is 0 Å². The molecule has 0 unspecified atom stereocenters. The molecule has 0 saturated carbocycles. The van der Waals surface area contributed by atoms with E-state index in [-0.39, 0.29) is 0 Å². The maximum absolute atomic E-state index is 2.56. The van der Waals surface area contributed by atoms with Crippen molar-refractivity contribution >= 4 is 0 Å². The lowest BCUT2D eigenvalue weighted by molar-refractivity contribution is 1.72. The van der Waals surface area contributed by atoms with Gasteiger partial charge in [-0.15, -0.1) is 0 Å². The highest BCUT2D eigenvalue weighted by molar-refractivity contribution is 6.19. The summed E-state index contributed by atoms with van der Waals surface area (Å²) in [5.41, 5.74) is 32.1. The summed E-state index contributed by atoms with van der Waals surface area (Å²) >= 11 is 0. The standard InChI is InChI=1S/C70H44/c1-8-22-45-36-53(37-46(45)23-9-1)65-59-32-18-6-19-33-60(59)66(54-38-47-24-10-2-11-25-48(47)39-54)69(65)63-44-64(58-31-17-5-16-30-57(58)63)70-67(55-40-49-26-12-3-13-27-50(49)41-55)61-34-20-7-21-35-62(61)68(70)56-42-51-28-14-4-15-29-52(51)43-56/h1-44H. The van der Waals surface area contributed by atoms with Crippen LogP contribution in [0.5, 0.6) is 0 Å². The number of fused-ring (bicyclic) bond motifs is 7. The minimum absolute atomic E-state index is 1.22. The van der Waals surface area contributed by atoms with Crippen LogP contribution in [0, 0.1) is 0 Å². The summed E-state index contributed by atoms with van der Waals surface area (Å²) in [6, 6.07) is 99.2. The average molecular weight is 885 g/mol. The lowest BCUT2D eigenvalue weighted by Crippen LogP contribution is -1.83. The summed E-state index contributed by atoms with van der Waals surface area (Å²) in [6.07, 6.45) is 0. The van der Waals surface area contributed by atoms with Gasteiger partial charge in [0.05, 0.1) is 0 Å². The van der Waals surface area contributed by atoms with E-state index in [2.05, 4.69) is 267 Å². The van der Waals surface area contributed by atoms with Crippen molar-refractivity contribution in [2.45, 2.75) is 0 Å². The Balaban J connectivity index is 1.15. The predicted molar refractivity (Wildman–Crippen MR) is 295 cm³/mol. The smallest absolute Gasteiger partial charge is 0.000784 e. The highest BCUT2D eigenvalue weighted by Gasteiger charge is 2.34. The molecule has 0 radical (unpaired) electrons. The normalized spacial score (nSPS) is 11.7. The van der Waals surface area contributed by atoms with Gasteiger partial charge in [0.1, 0.15) is 0 Å². The fourth-order valence-corrected chi connectivity index (χ4v) is 11.7. The molecule has 0 bridgehead atoms. The van der Waals surface area contributed by atoms with E-state index in [0.717, 1.165) is 0 Å². The van der Waals surface area contributed by atoms with Gasteiger partial charge in [0.25, 0.3) is 0 Å². The van der Waals surface area contributed by atoms with Crippen molar-refractivity contribution in [1.82, 2.24) is 0 Å². The number of hydrogen-bond acceptors (Lipinski definition) is 0. The fourth-order valence-electron chi connectivity index (χ4n) is 11.7. The van der Waals surface area contributed by atoms with E-state index in [1.165, 1.54) is 145 Å². The van der Waals surface area contributed by atoms with E-state index in [9.17, 15) is 0 Å². The summed E-state index contributed by atoms with van der Waals surface area (Å²) in [5, 5.41) is 0. The van der Waals surface area contributed by atoms with E-state index in [4.69, 9.17) is 0 Å². The molecule has 0 heteroatoms. The summed E-state index contributed by atoms with van der Waals surface area (Å²) in [7, 11) is 0. The second-order valence-electron chi connectivity index (χ2n) is 18.7. The zero-order valence-corrected chi connectivity index (χ0v) is 38.4. The van der Waals surface area contributed by atoms with Crippen molar-refractivity contribution < 1.29 is 0 Å². The first-order valence-electron chi connectivity index (χ1n) is 24.3. The van der Waals surface area contributed by atoms with E-state index in [1.54, 1.807) is 0 Å². The van der Waals surface area contributed by atoms with Crippen LogP contribution in [0.1, 0.15) is 0 Å². The van der Waals surface area contributed by atoms with Crippen LogP contribution in [0.25, 0.3) is 145 Å². The fraction of sp³-hybridized carbons (Fsp3) is 0. The molecule has 0 amide bonds. The van der Waals surface area contributed by atoms with Crippen LogP contribution in [0.3, 0.4) is 0 Å². The van der Waals surface area contributed by atoms with Crippen LogP contribution in [0.4, 0.5) is 0 Å². The average Bonchev–Trinajstić information content (AvgIpc) is 4.08. The molecule has 14 rings (SSSR count). The first kappa shape index (κ1) is 40.0. The molecule has 0 aromatic carbocycles. The largest absolute Gasteiger partial charge is 0.0622 e. The first-order valence-corrected chi connectivity index (χ1v) is 24.3. The Morgan fingerprint density at radius 1 is 0.114 bits per heavy atom. The molecule has 0 saturated heterocycles. The summed E-state index contributed by atoms with van der Waals surface area (Å²) < 4.78 is 0. The lowest BCUT2D eigenvalue weighted by atomic mass is 9.93. The quantitative estimate of drug-likeness (QED) is 0.156. The molecule has 0 heterocycles. The van der Waals surface area contributed by atoms with Crippen LogP contribution in [0.15, 0.2) is 267 Å². The van der Waals surface area contributed by atoms with Gasteiger partial charge in [-0.25, -0.2) is 0 Å². The van der Waals surface area contributed by atoms with Crippen molar-refractivity contribution in [1.29, 1.82) is 0 Å². The molecule has 0 N–H and O–H groups in total. The molecular weight excluding hydrogens is 841 g/mol. The van der Waals surface area contributed by atoms with Crippen molar-refractivity contribution in [2.24, 2.45) is 0 Å². The predicted octanol–water partition coefficient (Wildman–Crippen LogP) is 19.4. The molecule has 324 valence electrons. The van der Waals surface area contributed by atoms with Crippen LogP contribution in [-0.4, -0.2) is 0 Å². The Morgan fingerprint density at radius 3 is 0.514 bits per heavy atom. The summed E-state index contributed by atoms with van der Waals surface area (Å²) in [5.74, 6) is 0. The highest BCUT2D eigenvalue weighted by Crippen LogP contribution is 2.61. The summed E-state index contributed by atoms with van der Waals surface area (Å²) in [6.45, 7) is 0. The van der Waals surface area contributed by atoms with Gasteiger partial charge < -0.3 is 0 Å². The molecule has 14 aliphatic rings. The molecular formula is C70H44. The Bertz CT molecular complexity index is 3420. The molecule has 14 aliphatic carbocycles. The Hall–Kier alpha value is -9.10. The zero-order chi connectivity index (χ0) is 46.1. The topological polar surface area (TPSA) is 0 Å². The van der Waals surface area contributed by atoms with Gasteiger partial charge in [0, 0.05) is 0 Å². The van der Waals surface area contributed by atoms with Gasteiger partial charge >= 0.3 is 0 Å². The van der Waals surface area contributed by atoms with Gasteiger partial charge in [-0.1, -0.05) is 212 Å². The number of hydrogen-bond donors (Lipinski definition) is 0. The maximum Gasteiger partial charge on any atom is -0.000784 e. The van der Waals surface area contributed by atoms with Gasteiger partial charge in [-0.2, -0.15) is 0 Å². The second-order valence-corrected chi connectivity index (χ2v) is 18.7. The van der Waals surface area contributed by atoms with Gasteiger partial charge in [-0.05, 0) is 199 Å². The van der Waals surface area contributed by atoms with E-state index in [0.29, 0.717) is 0 Å². The van der Waals surface area contributed by atoms with Crippen molar-refractivity contribution in [3.05, 3.63) is 267 Å². The third-order valence-electron chi connectivity index (χ3n) is 14.7. The lowest BCUT2D eigenvalue weighted by Gasteiger charge is -2.10. The van der Waals surface area contributed by atoms with E-state index in [1.807, 2.05) is 0 Å². The molecule has 70 heavy (non-hydrogen) atoms.